The number of hydrogen-bond donors (Lipinski definition) is 1. The predicted molar refractivity (Wildman–Crippen MR) is 82.1 cm³/mol. The number of ether oxygens (including phenoxy) is 2. The van der Waals surface area contributed by atoms with E-state index in [4.69, 9.17) is 15.2 Å². The Morgan fingerprint density at radius 2 is 1.70 bits per heavy atom. The van der Waals surface area contributed by atoms with Gasteiger partial charge in [0.2, 0.25) is 0 Å². The highest BCUT2D eigenvalue weighted by Gasteiger charge is 2.06. The second-order valence-electron chi connectivity index (χ2n) is 4.60. The quantitative estimate of drug-likeness (QED) is 0.873. The summed E-state index contributed by atoms with van der Waals surface area (Å²) in [6.45, 7) is 3.33. The van der Waals surface area contributed by atoms with Crippen molar-refractivity contribution >= 4 is 0 Å². The highest BCUT2D eigenvalue weighted by Crippen LogP contribution is 2.28. The molecular weight excluding hydrogens is 250 g/mol. The maximum absolute atomic E-state index is 5.83. The van der Waals surface area contributed by atoms with E-state index >= 15 is 0 Å². The molecule has 0 atom stereocenters. The summed E-state index contributed by atoms with van der Waals surface area (Å²) < 4.78 is 10.8. The SMILES string of the molecule is CCCOc1ccc(-c2ccc(OC)cc2CN)cc1. The van der Waals surface area contributed by atoms with Crippen molar-refractivity contribution < 1.29 is 9.47 Å². The molecule has 106 valence electrons. The number of nitrogens with two attached hydrogens (primary N) is 1. The third-order valence-electron chi connectivity index (χ3n) is 3.17. The van der Waals surface area contributed by atoms with Crippen LogP contribution in [-0.4, -0.2) is 13.7 Å². The van der Waals surface area contributed by atoms with E-state index in [0.717, 1.165) is 41.2 Å². The molecule has 2 aromatic rings. The Bertz CT molecular complexity index is 549. The predicted octanol–water partition coefficient (Wildman–Crippen LogP) is 3.61. The average molecular weight is 271 g/mol. The summed E-state index contributed by atoms with van der Waals surface area (Å²) in [5.74, 6) is 1.73. The van der Waals surface area contributed by atoms with Gasteiger partial charge < -0.3 is 15.2 Å². The van der Waals surface area contributed by atoms with E-state index in [0.29, 0.717) is 6.54 Å². The Hall–Kier alpha value is -2.00. The van der Waals surface area contributed by atoms with Crippen LogP contribution in [-0.2, 0) is 6.54 Å². The van der Waals surface area contributed by atoms with Gasteiger partial charge in [-0.25, -0.2) is 0 Å². The monoisotopic (exact) mass is 271 g/mol. The van der Waals surface area contributed by atoms with Crippen molar-refractivity contribution in [1.82, 2.24) is 0 Å². The Balaban J connectivity index is 2.26. The third-order valence-corrected chi connectivity index (χ3v) is 3.17. The van der Waals surface area contributed by atoms with Gasteiger partial charge in [0.25, 0.3) is 0 Å². The molecule has 0 spiro atoms. The molecule has 20 heavy (non-hydrogen) atoms. The van der Waals surface area contributed by atoms with Gasteiger partial charge in [-0.15, -0.1) is 0 Å². The number of benzene rings is 2. The molecule has 0 fully saturated rings. The maximum Gasteiger partial charge on any atom is 0.119 e. The van der Waals surface area contributed by atoms with Crippen LogP contribution < -0.4 is 15.2 Å². The minimum Gasteiger partial charge on any atom is -0.497 e. The van der Waals surface area contributed by atoms with Crippen molar-refractivity contribution in [2.75, 3.05) is 13.7 Å². The first-order valence-electron chi connectivity index (χ1n) is 6.88. The first kappa shape index (κ1) is 14.4. The number of methoxy groups -OCH3 is 1. The van der Waals surface area contributed by atoms with Crippen LogP contribution in [0.1, 0.15) is 18.9 Å². The lowest BCUT2D eigenvalue weighted by molar-refractivity contribution is 0.317. The van der Waals surface area contributed by atoms with Crippen LogP contribution >= 0.6 is 0 Å². The Morgan fingerprint density at radius 3 is 2.30 bits per heavy atom. The first-order valence-corrected chi connectivity index (χ1v) is 6.88. The van der Waals surface area contributed by atoms with Crippen molar-refractivity contribution in [3.8, 4) is 22.6 Å². The second kappa shape index (κ2) is 6.96. The topological polar surface area (TPSA) is 44.5 Å². The minimum absolute atomic E-state index is 0.487. The molecule has 3 nitrogen and oxygen atoms in total. The highest BCUT2D eigenvalue weighted by atomic mass is 16.5. The fourth-order valence-electron chi connectivity index (χ4n) is 2.10. The summed E-state index contributed by atoms with van der Waals surface area (Å²) in [6, 6.07) is 14.1. The molecule has 2 rings (SSSR count). The van der Waals surface area contributed by atoms with Crippen LogP contribution in [0.3, 0.4) is 0 Å². The van der Waals surface area contributed by atoms with Crippen LogP contribution in [0, 0.1) is 0 Å². The molecule has 0 saturated heterocycles. The molecule has 3 heteroatoms. The van der Waals surface area contributed by atoms with Gasteiger partial charge in [0.1, 0.15) is 11.5 Å². The van der Waals surface area contributed by atoms with Crippen molar-refractivity contribution in [3.63, 3.8) is 0 Å². The molecule has 0 aliphatic rings. The van der Waals surface area contributed by atoms with E-state index in [1.165, 1.54) is 0 Å². The van der Waals surface area contributed by atoms with Crippen molar-refractivity contribution in [2.24, 2.45) is 5.73 Å². The van der Waals surface area contributed by atoms with E-state index in [-0.39, 0.29) is 0 Å². The van der Waals surface area contributed by atoms with Crippen molar-refractivity contribution in [2.45, 2.75) is 19.9 Å². The van der Waals surface area contributed by atoms with E-state index in [2.05, 4.69) is 19.1 Å². The van der Waals surface area contributed by atoms with Gasteiger partial charge in [0.15, 0.2) is 0 Å². The lowest BCUT2D eigenvalue weighted by Crippen LogP contribution is -2.00. The molecule has 0 heterocycles. The van der Waals surface area contributed by atoms with Gasteiger partial charge >= 0.3 is 0 Å². The van der Waals surface area contributed by atoms with E-state index in [9.17, 15) is 0 Å². The van der Waals surface area contributed by atoms with E-state index < -0.39 is 0 Å². The zero-order chi connectivity index (χ0) is 14.4. The van der Waals surface area contributed by atoms with Crippen molar-refractivity contribution in [1.29, 1.82) is 0 Å². The fourth-order valence-corrected chi connectivity index (χ4v) is 2.10. The zero-order valence-corrected chi connectivity index (χ0v) is 12.1. The van der Waals surface area contributed by atoms with Crippen LogP contribution in [0.4, 0.5) is 0 Å². The normalized spacial score (nSPS) is 10.3. The van der Waals surface area contributed by atoms with Crippen LogP contribution in [0.5, 0.6) is 11.5 Å². The molecule has 0 radical (unpaired) electrons. The number of hydrogen-bond acceptors (Lipinski definition) is 3. The third kappa shape index (κ3) is 3.31. The molecular formula is C17H21NO2. The van der Waals surface area contributed by atoms with Gasteiger partial charge in [-0.1, -0.05) is 25.1 Å². The lowest BCUT2D eigenvalue weighted by Gasteiger charge is -2.11. The van der Waals surface area contributed by atoms with Crippen LogP contribution in [0.15, 0.2) is 42.5 Å². The average Bonchev–Trinajstić information content (AvgIpc) is 2.52. The molecule has 0 amide bonds. The molecule has 2 aromatic carbocycles. The second-order valence-corrected chi connectivity index (χ2v) is 4.60. The molecule has 0 aliphatic carbocycles. The zero-order valence-electron chi connectivity index (χ0n) is 12.1. The summed E-state index contributed by atoms with van der Waals surface area (Å²) in [6.07, 6.45) is 1.01. The van der Waals surface area contributed by atoms with Crippen LogP contribution in [0.2, 0.25) is 0 Å². The fraction of sp³-hybridized carbons (Fsp3) is 0.294. The lowest BCUT2D eigenvalue weighted by atomic mass is 9.99. The number of rotatable bonds is 6. The minimum atomic E-state index is 0.487. The van der Waals surface area contributed by atoms with E-state index in [1.54, 1.807) is 7.11 Å². The molecule has 2 N–H and O–H groups in total. The smallest absolute Gasteiger partial charge is 0.119 e. The summed E-state index contributed by atoms with van der Waals surface area (Å²) in [5.41, 5.74) is 9.17. The molecule has 0 unspecified atom stereocenters. The Morgan fingerprint density at radius 1 is 1.00 bits per heavy atom. The largest absolute Gasteiger partial charge is 0.497 e. The summed E-state index contributed by atoms with van der Waals surface area (Å²) in [5, 5.41) is 0. The van der Waals surface area contributed by atoms with Crippen molar-refractivity contribution in [3.05, 3.63) is 48.0 Å². The Kier molecular flexibility index (Phi) is 5.02. The maximum atomic E-state index is 5.83. The van der Waals surface area contributed by atoms with Gasteiger partial charge in [0.05, 0.1) is 13.7 Å². The van der Waals surface area contributed by atoms with E-state index in [1.807, 2.05) is 30.3 Å². The summed E-state index contributed by atoms with van der Waals surface area (Å²) >= 11 is 0. The first-order chi connectivity index (χ1) is 9.78. The van der Waals surface area contributed by atoms with Gasteiger partial charge in [-0.3, -0.25) is 0 Å². The van der Waals surface area contributed by atoms with Gasteiger partial charge in [-0.05, 0) is 47.4 Å². The Labute approximate surface area is 120 Å². The molecule has 0 aliphatic heterocycles. The summed E-state index contributed by atoms with van der Waals surface area (Å²) in [4.78, 5) is 0. The van der Waals surface area contributed by atoms with Gasteiger partial charge in [0, 0.05) is 6.54 Å². The van der Waals surface area contributed by atoms with Crippen LogP contribution in [0.25, 0.3) is 11.1 Å². The summed E-state index contributed by atoms with van der Waals surface area (Å²) in [7, 11) is 1.66. The standard InChI is InChI=1S/C17H21NO2/c1-3-10-20-15-6-4-13(5-7-15)17-9-8-16(19-2)11-14(17)12-18/h4-9,11H,3,10,12,18H2,1-2H3. The van der Waals surface area contributed by atoms with Gasteiger partial charge in [-0.2, -0.15) is 0 Å². The molecule has 0 bridgehead atoms. The molecule has 0 saturated carbocycles. The molecule has 0 aromatic heterocycles. The highest BCUT2D eigenvalue weighted by molar-refractivity contribution is 5.69.